The number of phenols is 1. The van der Waals surface area contributed by atoms with Crippen LogP contribution in [-0.4, -0.2) is 30.7 Å². The van der Waals surface area contributed by atoms with Gasteiger partial charge in [0.1, 0.15) is 5.75 Å². The molecule has 18 heavy (non-hydrogen) atoms. The summed E-state index contributed by atoms with van der Waals surface area (Å²) < 4.78 is 0. The minimum Gasteiger partial charge on any atom is -0.508 e. The van der Waals surface area contributed by atoms with E-state index in [1.165, 1.54) is 5.56 Å². The minimum absolute atomic E-state index is 0.318. The van der Waals surface area contributed by atoms with E-state index in [2.05, 4.69) is 29.5 Å². The zero-order valence-electron chi connectivity index (χ0n) is 11.4. The lowest BCUT2D eigenvalue weighted by Crippen LogP contribution is -2.41. The average molecular weight is 249 g/mol. The summed E-state index contributed by atoms with van der Waals surface area (Å²) in [6.07, 6.45) is 2.02. The fourth-order valence-corrected chi connectivity index (χ4v) is 1.63. The third-order valence-corrected chi connectivity index (χ3v) is 2.52. The van der Waals surface area contributed by atoms with Gasteiger partial charge < -0.3 is 15.7 Å². The zero-order valence-corrected chi connectivity index (χ0v) is 11.4. The molecule has 1 aromatic rings. The molecule has 0 heterocycles. The molecular formula is C14H23N3O. The fraction of sp³-hybridized carbons (Fsp3) is 0.500. The Morgan fingerprint density at radius 1 is 1.28 bits per heavy atom. The number of aliphatic imine (C=N–C) groups is 1. The molecule has 0 saturated heterocycles. The molecule has 0 atom stereocenters. The van der Waals surface area contributed by atoms with Crippen molar-refractivity contribution in [3.8, 4) is 5.75 Å². The van der Waals surface area contributed by atoms with E-state index in [4.69, 9.17) is 0 Å². The Kier molecular flexibility index (Phi) is 6.05. The van der Waals surface area contributed by atoms with Crippen LogP contribution in [0.4, 0.5) is 0 Å². The Morgan fingerprint density at radius 3 is 2.50 bits per heavy atom. The molecule has 0 aliphatic rings. The number of hydrogen-bond acceptors (Lipinski definition) is 2. The maximum atomic E-state index is 9.18. The smallest absolute Gasteiger partial charge is 0.191 e. The summed E-state index contributed by atoms with van der Waals surface area (Å²) in [5, 5.41) is 15.7. The SMILES string of the molecule is CN=C(NCCCc1ccc(O)cc1)NC(C)C. The van der Waals surface area contributed by atoms with Crippen molar-refractivity contribution in [1.82, 2.24) is 10.6 Å². The van der Waals surface area contributed by atoms with Crippen LogP contribution in [0.2, 0.25) is 0 Å². The van der Waals surface area contributed by atoms with Crippen LogP contribution >= 0.6 is 0 Å². The monoisotopic (exact) mass is 249 g/mol. The van der Waals surface area contributed by atoms with Crippen molar-refractivity contribution in [2.45, 2.75) is 32.7 Å². The minimum atomic E-state index is 0.318. The molecule has 1 aromatic carbocycles. The third kappa shape index (κ3) is 5.57. The molecule has 0 amide bonds. The lowest BCUT2D eigenvalue weighted by Gasteiger charge is -2.14. The molecule has 0 aliphatic heterocycles. The number of aryl methyl sites for hydroxylation is 1. The van der Waals surface area contributed by atoms with Crippen molar-refractivity contribution >= 4 is 5.96 Å². The second-order valence-electron chi connectivity index (χ2n) is 4.57. The molecule has 100 valence electrons. The van der Waals surface area contributed by atoms with Crippen molar-refractivity contribution in [3.63, 3.8) is 0 Å². The first-order chi connectivity index (χ1) is 8.61. The number of nitrogens with one attached hydrogen (secondary N) is 2. The maximum Gasteiger partial charge on any atom is 0.191 e. The van der Waals surface area contributed by atoms with Crippen LogP contribution in [0.25, 0.3) is 0 Å². The molecule has 0 bridgehead atoms. The summed E-state index contributed by atoms with van der Waals surface area (Å²) >= 11 is 0. The average Bonchev–Trinajstić information content (AvgIpc) is 2.34. The topological polar surface area (TPSA) is 56.7 Å². The Bertz CT molecular complexity index is 371. The first-order valence-electron chi connectivity index (χ1n) is 6.37. The normalized spacial score (nSPS) is 11.7. The van der Waals surface area contributed by atoms with E-state index in [0.29, 0.717) is 11.8 Å². The van der Waals surface area contributed by atoms with E-state index in [0.717, 1.165) is 25.3 Å². The van der Waals surface area contributed by atoms with E-state index >= 15 is 0 Å². The Morgan fingerprint density at radius 2 is 1.94 bits per heavy atom. The Hall–Kier alpha value is -1.71. The van der Waals surface area contributed by atoms with E-state index in [1.54, 1.807) is 19.2 Å². The Balaban J connectivity index is 2.24. The van der Waals surface area contributed by atoms with Crippen LogP contribution in [0.3, 0.4) is 0 Å². The molecule has 0 radical (unpaired) electrons. The summed E-state index contributed by atoms with van der Waals surface area (Å²) in [6, 6.07) is 7.74. The van der Waals surface area contributed by atoms with Gasteiger partial charge in [0.25, 0.3) is 0 Å². The van der Waals surface area contributed by atoms with Crippen LogP contribution in [0.15, 0.2) is 29.3 Å². The molecular weight excluding hydrogens is 226 g/mol. The van der Waals surface area contributed by atoms with Gasteiger partial charge in [-0.2, -0.15) is 0 Å². The first kappa shape index (κ1) is 14.4. The van der Waals surface area contributed by atoms with Crippen LogP contribution in [0.1, 0.15) is 25.8 Å². The van der Waals surface area contributed by atoms with Gasteiger partial charge in [-0.3, -0.25) is 4.99 Å². The standard InChI is InChI=1S/C14H23N3O/c1-11(2)17-14(15-3)16-10-4-5-12-6-8-13(18)9-7-12/h6-9,11,18H,4-5,10H2,1-3H3,(H2,15,16,17). The van der Waals surface area contributed by atoms with Crippen molar-refractivity contribution in [1.29, 1.82) is 0 Å². The van der Waals surface area contributed by atoms with Crippen molar-refractivity contribution in [2.75, 3.05) is 13.6 Å². The summed E-state index contributed by atoms with van der Waals surface area (Å²) in [5.41, 5.74) is 1.24. The van der Waals surface area contributed by atoms with Gasteiger partial charge in [0, 0.05) is 19.6 Å². The van der Waals surface area contributed by atoms with E-state index in [1.807, 2.05) is 12.1 Å². The van der Waals surface area contributed by atoms with E-state index < -0.39 is 0 Å². The third-order valence-electron chi connectivity index (χ3n) is 2.52. The summed E-state index contributed by atoms with van der Waals surface area (Å²) in [5.74, 6) is 1.16. The molecule has 0 aromatic heterocycles. The van der Waals surface area contributed by atoms with Crippen molar-refractivity contribution in [2.24, 2.45) is 4.99 Å². The van der Waals surface area contributed by atoms with Gasteiger partial charge in [0.05, 0.1) is 0 Å². The predicted molar refractivity (Wildman–Crippen MR) is 76.1 cm³/mol. The molecule has 4 nitrogen and oxygen atoms in total. The second kappa shape index (κ2) is 7.58. The molecule has 1 rings (SSSR count). The highest BCUT2D eigenvalue weighted by Gasteiger charge is 1.99. The quantitative estimate of drug-likeness (QED) is 0.424. The van der Waals surface area contributed by atoms with Crippen LogP contribution in [-0.2, 0) is 6.42 Å². The molecule has 0 saturated carbocycles. The predicted octanol–water partition coefficient (Wildman–Crippen LogP) is 1.90. The van der Waals surface area contributed by atoms with Gasteiger partial charge in [-0.25, -0.2) is 0 Å². The lowest BCUT2D eigenvalue weighted by atomic mass is 10.1. The lowest BCUT2D eigenvalue weighted by molar-refractivity contribution is 0.475. The highest BCUT2D eigenvalue weighted by atomic mass is 16.3. The summed E-state index contributed by atoms with van der Waals surface area (Å²) in [6.45, 7) is 5.06. The molecule has 0 aliphatic carbocycles. The van der Waals surface area contributed by atoms with E-state index in [9.17, 15) is 5.11 Å². The van der Waals surface area contributed by atoms with Crippen molar-refractivity contribution < 1.29 is 5.11 Å². The number of guanidine groups is 1. The molecule has 0 unspecified atom stereocenters. The Labute approximate surface area is 109 Å². The number of aromatic hydroxyl groups is 1. The van der Waals surface area contributed by atoms with Gasteiger partial charge >= 0.3 is 0 Å². The maximum absolute atomic E-state index is 9.18. The summed E-state index contributed by atoms with van der Waals surface area (Å²) in [7, 11) is 1.78. The van der Waals surface area contributed by atoms with Crippen LogP contribution in [0, 0.1) is 0 Å². The summed E-state index contributed by atoms with van der Waals surface area (Å²) in [4.78, 5) is 4.15. The molecule has 0 fully saturated rings. The largest absolute Gasteiger partial charge is 0.508 e. The number of benzene rings is 1. The zero-order chi connectivity index (χ0) is 13.4. The van der Waals surface area contributed by atoms with Gasteiger partial charge in [-0.1, -0.05) is 12.1 Å². The number of rotatable bonds is 5. The first-order valence-corrected chi connectivity index (χ1v) is 6.37. The van der Waals surface area contributed by atoms with Gasteiger partial charge in [0.2, 0.25) is 0 Å². The fourth-order valence-electron chi connectivity index (χ4n) is 1.63. The molecule has 3 N–H and O–H groups in total. The van der Waals surface area contributed by atoms with Crippen molar-refractivity contribution in [3.05, 3.63) is 29.8 Å². The second-order valence-corrected chi connectivity index (χ2v) is 4.57. The highest BCUT2D eigenvalue weighted by molar-refractivity contribution is 5.79. The molecule has 4 heteroatoms. The number of hydrogen-bond donors (Lipinski definition) is 3. The highest BCUT2D eigenvalue weighted by Crippen LogP contribution is 2.10. The van der Waals surface area contributed by atoms with Crippen LogP contribution < -0.4 is 10.6 Å². The molecule has 0 spiro atoms. The van der Waals surface area contributed by atoms with Gasteiger partial charge in [-0.15, -0.1) is 0 Å². The number of nitrogens with zero attached hydrogens (tertiary/aromatic N) is 1. The van der Waals surface area contributed by atoms with Gasteiger partial charge in [-0.05, 0) is 44.4 Å². The van der Waals surface area contributed by atoms with Crippen LogP contribution in [0.5, 0.6) is 5.75 Å². The van der Waals surface area contributed by atoms with Gasteiger partial charge in [0.15, 0.2) is 5.96 Å². The number of phenolic OH excluding ortho intramolecular Hbond substituents is 1. The van der Waals surface area contributed by atoms with E-state index in [-0.39, 0.29) is 0 Å².